The Bertz CT molecular complexity index is 1660. The number of piperazine rings is 1. The van der Waals surface area contributed by atoms with Gasteiger partial charge in [0.15, 0.2) is 5.82 Å². The fraction of sp³-hybridized carbons (Fsp3) is 0.345. The molecular formula is C29H27F4N7O. The first kappa shape index (κ1) is 28.2. The normalized spacial score (nSPS) is 18.8. The van der Waals surface area contributed by atoms with Crippen molar-refractivity contribution in [3.63, 3.8) is 0 Å². The average molecular weight is 566 g/mol. The highest BCUT2D eigenvalue weighted by Crippen LogP contribution is 2.37. The molecule has 3 atom stereocenters. The van der Waals surface area contributed by atoms with Crippen LogP contribution >= 0.6 is 0 Å². The number of nitrogens with zero attached hydrogens (tertiary/aromatic N) is 7. The molecule has 0 spiro atoms. The number of aryl methyl sites for hydroxylation is 1. The monoisotopic (exact) mass is 565 g/mol. The van der Waals surface area contributed by atoms with Crippen LogP contribution in [0.4, 0.5) is 29.2 Å². The topological polar surface area (TPSA) is 71.5 Å². The van der Waals surface area contributed by atoms with Gasteiger partial charge in [0.05, 0.1) is 11.6 Å². The van der Waals surface area contributed by atoms with Crippen LogP contribution in [-0.2, 0) is 13.2 Å². The van der Waals surface area contributed by atoms with Gasteiger partial charge in [0.25, 0.3) is 5.82 Å². The number of alkyl halides is 3. The summed E-state index contributed by atoms with van der Waals surface area (Å²) in [5, 5.41) is 0. The zero-order valence-corrected chi connectivity index (χ0v) is 22.6. The summed E-state index contributed by atoms with van der Waals surface area (Å²) in [5.41, 5.74) is 0.816. The van der Waals surface area contributed by atoms with E-state index in [9.17, 15) is 22.4 Å². The van der Waals surface area contributed by atoms with Crippen LogP contribution in [-0.4, -0.2) is 49.6 Å². The Hall–Kier alpha value is -4.37. The molecule has 0 radical (unpaired) electrons. The summed E-state index contributed by atoms with van der Waals surface area (Å²) in [7, 11) is 1.60. The van der Waals surface area contributed by atoms with Gasteiger partial charge in [0, 0.05) is 38.4 Å². The Balaban J connectivity index is 1.57. The number of aromatic nitrogens is 4. The Morgan fingerprint density at radius 1 is 1.05 bits per heavy atom. The fourth-order valence-corrected chi connectivity index (χ4v) is 5.46. The molecule has 0 N–H and O–H groups in total. The summed E-state index contributed by atoms with van der Waals surface area (Å²) in [5.74, 6) is 0.149. The third-order valence-electron chi connectivity index (χ3n) is 7.57. The number of halogens is 4. The molecule has 0 saturated carbocycles. The van der Waals surface area contributed by atoms with Crippen LogP contribution in [0, 0.1) is 12.4 Å². The summed E-state index contributed by atoms with van der Waals surface area (Å²) >= 11 is 0. The van der Waals surface area contributed by atoms with E-state index in [2.05, 4.69) is 24.7 Å². The molecule has 0 aliphatic carbocycles. The minimum absolute atomic E-state index is 0.131. The van der Waals surface area contributed by atoms with E-state index in [1.807, 2.05) is 18.7 Å². The highest BCUT2D eigenvalue weighted by atomic mass is 19.4. The molecule has 4 heterocycles. The van der Waals surface area contributed by atoms with Crippen LogP contribution < -0.4 is 10.6 Å². The first-order chi connectivity index (χ1) is 19.5. The van der Waals surface area contributed by atoms with Crippen LogP contribution in [0.15, 0.2) is 59.5 Å². The summed E-state index contributed by atoms with van der Waals surface area (Å²) in [6.45, 7) is 12.2. The maximum atomic E-state index is 13.8. The molecule has 1 fully saturated rings. The number of benzene rings is 1. The zero-order valence-electron chi connectivity index (χ0n) is 22.6. The standard InChI is InChI=1S/C29H27F4N7O/c1-5-21-16-39(27-25-22(38(4)28(41)37-27)11-13-24(34-3)36-25)17(2)15-40(21)26(18-6-9-20(30)10-7-18)19-8-12-23(35-14-19)29(31,32)33/h6-14,17,21,26H,5,15-16H2,1-2,4H3/t17-,21+,26?/m0/s1. The minimum atomic E-state index is -4.57. The second-order valence-corrected chi connectivity index (χ2v) is 10.1. The van der Waals surface area contributed by atoms with E-state index in [-0.39, 0.29) is 17.9 Å². The lowest BCUT2D eigenvalue weighted by Crippen LogP contribution is -2.58. The van der Waals surface area contributed by atoms with Gasteiger partial charge in [-0.3, -0.25) is 14.5 Å². The van der Waals surface area contributed by atoms with Gasteiger partial charge in [-0.1, -0.05) is 31.7 Å². The highest BCUT2D eigenvalue weighted by Gasteiger charge is 2.39. The molecule has 4 aromatic rings. The second kappa shape index (κ2) is 10.9. The first-order valence-electron chi connectivity index (χ1n) is 13.1. The van der Waals surface area contributed by atoms with Crippen molar-refractivity contribution in [2.75, 3.05) is 18.0 Å². The third kappa shape index (κ3) is 5.37. The van der Waals surface area contributed by atoms with Crippen LogP contribution in [0.5, 0.6) is 0 Å². The predicted molar refractivity (Wildman–Crippen MR) is 146 cm³/mol. The van der Waals surface area contributed by atoms with Crippen molar-refractivity contribution in [1.29, 1.82) is 0 Å². The van der Waals surface area contributed by atoms with E-state index in [0.29, 0.717) is 47.5 Å². The quantitative estimate of drug-likeness (QED) is 0.235. The van der Waals surface area contributed by atoms with Crippen molar-refractivity contribution in [3.8, 4) is 0 Å². The number of rotatable bonds is 5. The smallest absolute Gasteiger partial charge is 0.361 e. The molecule has 5 rings (SSSR count). The van der Waals surface area contributed by atoms with E-state index < -0.39 is 29.4 Å². The van der Waals surface area contributed by atoms with Crippen LogP contribution in [0.3, 0.4) is 0 Å². The maximum Gasteiger partial charge on any atom is 0.433 e. The van der Waals surface area contributed by atoms with Gasteiger partial charge in [-0.05, 0) is 54.8 Å². The Labute approximate surface area is 233 Å². The number of hydrogen-bond acceptors (Lipinski definition) is 6. The van der Waals surface area contributed by atoms with Gasteiger partial charge in [-0.2, -0.15) is 18.2 Å². The second-order valence-electron chi connectivity index (χ2n) is 10.1. The number of hydrogen-bond donors (Lipinski definition) is 0. The zero-order chi connectivity index (χ0) is 29.5. The molecule has 1 unspecified atom stereocenters. The fourth-order valence-electron chi connectivity index (χ4n) is 5.46. The van der Waals surface area contributed by atoms with Crippen molar-refractivity contribution < 1.29 is 17.6 Å². The molecule has 1 aromatic carbocycles. The first-order valence-corrected chi connectivity index (χ1v) is 13.1. The van der Waals surface area contributed by atoms with E-state index >= 15 is 0 Å². The van der Waals surface area contributed by atoms with Crippen molar-refractivity contribution in [2.45, 2.75) is 44.6 Å². The van der Waals surface area contributed by atoms with Crippen molar-refractivity contribution in [1.82, 2.24) is 24.4 Å². The molecule has 0 bridgehead atoms. The predicted octanol–water partition coefficient (Wildman–Crippen LogP) is 5.51. The van der Waals surface area contributed by atoms with Crippen LogP contribution in [0.2, 0.25) is 0 Å². The van der Waals surface area contributed by atoms with Gasteiger partial charge >= 0.3 is 11.9 Å². The SMILES string of the molecule is [C-]#[N+]c1ccc2c(n1)c(N1C[C@@H](CC)N(C(c3ccc(F)cc3)c3ccc(C(F)(F)F)nc3)C[C@@H]1C)nc(=O)n2C. The van der Waals surface area contributed by atoms with Crippen molar-refractivity contribution in [3.05, 3.63) is 99.3 Å². The molecule has 8 nitrogen and oxygen atoms in total. The van der Waals surface area contributed by atoms with Crippen LogP contribution in [0.25, 0.3) is 15.9 Å². The molecule has 3 aromatic heterocycles. The molecule has 12 heteroatoms. The third-order valence-corrected chi connectivity index (χ3v) is 7.57. The molecule has 1 aliphatic heterocycles. The minimum Gasteiger partial charge on any atom is -0.361 e. The summed E-state index contributed by atoms with van der Waals surface area (Å²) in [4.78, 5) is 32.9. The molecule has 1 saturated heterocycles. The largest absolute Gasteiger partial charge is 0.433 e. The number of anilines is 1. The summed E-state index contributed by atoms with van der Waals surface area (Å²) < 4.78 is 55.0. The lowest BCUT2D eigenvalue weighted by molar-refractivity contribution is -0.141. The molecular weight excluding hydrogens is 538 g/mol. The maximum absolute atomic E-state index is 13.8. The Morgan fingerprint density at radius 3 is 2.37 bits per heavy atom. The van der Waals surface area contributed by atoms with Gasteiger partial charge in [-0.15, -0.1) is 4.98 Å². The van der Waals surface area contributed by atoms with Gasteiger partial charge in [0.1, 0.15) is 11.5 Å². The van der Waals surface area contributed by atoms with Crippen molar-refractivity contribution >= 4 is 22.7 Å². The van der Waals surface area contributed by atoms with Gasteiger partial charge in [0.2, 0.25) is 5.52 Å². The summed E-state index contributed by atoms with van der Waals surface area (Å²) in [6.07, 6.45) is -2.68. The van der Waals surface area contributed by atoms with Gasteiger partial charge < -0.3 is 9.74 Å². The van der Waals surface area contributed by atoms with Crippen molar-refractivity contribution in [2.24, 2.45) is 7.05 Å². The summed E-state index contributed by atoms with van der Waals surface area (Å²) in [6, 6.07) is 10.7. The molecule has 41 heavy (non-hydrogen) atoms. The highest BCUT2D eigenvalue weighted by molar-refractivity contribution is 5.87. The average Bonchev–Trinajstić information content (AvgIpc) is 2.96. The lowest BCUT2D eigenvalue weighted by atomic mass is 9.93. The van der Waals surface area contributed by atoms with E-state index in [0.717, 1.165) is 6.07 Å². The number of pyridine rings is 2. The Morgan fingerprint density at radius 2 is 1.76 bits per heavy atom. The molecule has 0 amide bonds. The van der Waals surface area contributed by atoms with E-state index in [4.69, 9.17) is 6.57 Å². The Kier molecular flexibility index (Phi) is 7.48. The van der Waals surface area contributed by atoms with E-state index in [1.165, 1.54) is 29.0 Å². The molecule has 212 valence electrons. The van der Waals surface area contributed by atoms with Gasteiger partial charge in [-0.25, -0.2) is 9.18 Å². The van der Waals surface area contributed by atoms with E-state index in [1.54, 1.807) is 31.3 Å². The molecule has 1 aliphatic rings. The lowest BCUT2D eigenvalue weighted by Gasteiger charge is -2.48. The van der Waals surface area contributed by atoms with Crippen LogP contribution in [0.1, 0.15) is 43.1 Å². The number of fused-ring (bicyclic) bond motifs is 1.